The van der Waals surface area contributed by atoms with Gasteiger partial charge in [0.1, 0.15) is 0 Å². The summed E-state index contributed by atoms with van der Waals surface area (Å²) in [6.45, 7) is 0. The lowest BCUT2D eigenvalue weighted by atomic mass is 9.93. The first-order valence-corrected chi connectivity index (χ1v) is 19.3. The average molecular weight is 704 g/mol. The van der Waals surface area contributed by atoms with E-state index in [1.165, 1.54) is 85.5 Å². The second kappa shape index (κ2) is 12.4. The van der Waals surface area contributed by atoms with Crippen molar-refractivity contribution in [3.8, 4) is 22.3 Å². The Hall–Kier alpha value is -6.74. The van der Waals surface area contributed by atoms with Crippen molar-refractivity contribution in [2.45, 2.75) is 0 Å². The second-order valence-corrected chi connectivity index (χ2v) is 15.1. The molecule has 1 aromatic heterocycles. The molecular formula is C52H33NS. The van der Waals surface area contributed by atoms with E-state index in [1.807, 2.05) is 11.3 Å². The van der Waals surface area contributed by atoms with Crippen LogP contribution in [0.5, 0.6) is 0 Å². The lowest BCUT2D eigenvalue weighted by molar-refractivity contribution is 1.30. The van der Waals surface area contributed by atoms with Crippen molar-refractivity contribution in [1.82, 2.24) is 0 Å². The Labute approximate surface area is 317 Å². The van der Waals surface area contributed by atoms with Crippen LogP contribution >= 0.6 is 11.3 Å². The van der Waals surface area contributed by atoms with E-state index in [-0.39, 0.29) is 0 Å². The van der Waals surface area contributed by atoms with E-state index >= 15 is 0 Å². The minimum absolute atomic E-state index is 1.11. The van der Waals surface area contributed by atoms with Gasteiger partial charge >= 0.3 is 0 Å². The summed E-state index contributed by atoms with van der Waals surface area (Å²) < 4.78 is 2.60. The summed E-state index contributed by atoms with van der Waals surface area (Å²) in [4.78, 5) is 2.48. The first kappa shape index (κ1) is 30.8. The van der Waals surface area contributed by atoms with E-state index in [0.29, 0.717) is 0 Å². The highest BCUT2D eigenvalue weighted by atomic mass is 32.1. The van der Waals surface area contributed by atoms with Gasteiger partial charge in [0.2, 0.25) is 0 Å². The highest BCUT2D eigenvalue weighted by Crippen LogP contribution is 2.50. The molecule has 0 atom stereocenters. The molecule has 0 aliphatic rings. The monoisotopic (exact) mass is 703 g/mol. The van der Waals surface area contributed by atoms with E-state index < -0.39 is 0 Å². The molecule has 54 heavy (non-hydrogen) atoms. The largest absolute Gasteiger partial charge is 0.310 e. The fourth-order valence-corrected chi connectivity index (χ4v) is 9.75. The number of fused-ring (bicyclic) bond motifs is 10. The van der Waals surface area contributed by atoms with Crippen molar-refractivity contribution in [2.75, 3.05) is 4.90 Å². The maximum absolute atomic E-state index is 2.48. The molecule has 11 rings (SSSR count). The van der Waals surface area contributed by atoms with Crippen LogP contribution in [0, 0.1) is 0 Å². The molecule has 0 spiro atoms. The summed E-state index contributed by atoms with van der Waals surface area (Å²) >= 11 is 1.89. The molecule has 11 aromatic rings. The zero-order valence-corrected chi connectivity index (χ0v) is 30.2. The fraction of sp³-hybridized carbons (Fsp3) is 0. The van der Waals surface area contributed by atoms with Crippen molar-refractivity contribution in [1.29, 1.82) is 0 Å². The maximum atomic E-state index is 2.48. The predicted molar refractivity (Wildman–Crippen MR) is 235 cm³/mol. The minimum Gasteiger partial charge on any atom is -0.310 e. The van der Waals surface area contributed by atoms with Gasteiger partial charge in [0.05, 0.1) is 5.69 Å². The summed E-state index contributed by atoms with van der Waals surface area (Å²) in [6.07, 6.45) is 0. The van der Waals surface area contributed by atoms with Crippen LogP contribution in [0.4, 0.5) is 17.1 Å². The number of thiophene rings is 1. The first-order valence-electron chi connectivity index (χ1n) is 18.5. The van der Waals surface area contributed by atoms with Crippen molar-refractivity contribution in [2.24, 2.45) is 0 Å². The van der Waals surface area contributed by atoms with Crippen LogP contribution in [0.3, 0.4) is 0 Å². The molecule has 0 radical (unpaired) electrons. The van der Waals surface area contributed by atoms with Gasteiger partial charge in [0.15, 0.2) is 0 Å². The summed E-state index contributed by atoms with van der Waals surface area (Å²) in [5.74, 6) is 0. The molecule has 0 amide bonds. The van der Waals surface area contributed by atoms with Gasteiger partial charge in [-0.25, -0.2) is 0 Å². The summed E-state index contributed by atoms with van der Waals surface area (Å²) in [7, 11) is 0. The normalized spacial score (nSPS) is 11.7. The highest BCUT2D eigenvalue weighted by Gasteiger charge is 2.23. The molecule has 0 N–H and O–H groups in total. The third-order valence-electron chi connectivity index (χ3n) is 11.0. The molecule has 10 aromatic carbocycles. The van der Waals surface area contributed by atoms with E-state index in [1.54, 1.807) is 0 Å². The number of hydrogen-bond donors (Lipinski definition) is 0. The minimum atomic E-state index is 1.11. The molecule has 0 unspecified atom stereocenters. The van der Waals surface area contributed by atoms with Crippen LogP contribution in [0.1, 0.15) is 0 Å². The molecule has 0 fully saturated rings. The van der Waals surface area contributed by atoms with Gasteiger partial charge in [-0.1, -0.05) is 158 Å². The van der Waals surface area contributed by atoms with E-state index in [9.17, 15) is 0 Å². The average Bonchev–Trinajstić information content (AvgIpc) is 3.63. The van der Waals surface area contributed by atoms with E-state index in [2.05, 4.69) is 205 Å². The Bertz CT molecular complexity index is 3180. The van der Waals surface area contributed by atoms with Crippen LogP contribution < -0.4 is 4.90 Å². The van der Waals surface area contributed by atoms with Gasteiger partial charge in [-0.05, 0) is 102 Å². The van der Waals surface area contributed by atoms with Crippen molar-refractivity contribution >= 4 is 91.7 Å². The van der Waals surface area contributed by atoms with Crippen molar-refractivity contribution in [3.63, 3.8) is 0 Å². The van der Waals surface area contributed by atoms with E-state index in [0.717, 1.165) is 17.1 Å². The van der Waals surface area contributed by atoms with Crippen molar-refractivity contribution < 1.29 is 0 Å². The number of rotatable bonds is 5. The Kier molecular flexibility index (Phi) is 7.11. The van der Waals surface area contributed by atoms with Crippen LogP contribution in [-0.2, 0) is 0 Å². The molecule has 252 valence electrons. The maximum Gasteiger partial charge on any atom is 0.0554 e. The summed E-state index contributed by atoms with van der Waals surface area (Å²) in [6, 6.07) is 73.6. The van der Waals surface area contributed by atoms with Crippen LogP contribution in [0.15, 0.2) is 200 Å². The van der Waals surface area contributed by atoms with Crippen molar-refractivity contribution in [3.05, 3.63) is 200 Å². The Morgan fingerprint density at radius 3 is 1.59 bits per heavy atom. The lowest BCUT2D eigenvalue weighted by Gasteiger charge is -2.29. The Balaban J connectivity index is 1.22. The molecule has 0 saturated heterocycles. The first-order chi connectivity index (χ1) is 26.8. The van der Waals surface area contributed by atoms with E-state index in [4.69, 9.17) is 0 Å². The zero-order chi connectivity index (χ0) is 35.6. The van der Waals surface area contributed by atoms with Gasteiger partial charge in [-0.2, -0.15) is 0 Å². The fourth-order valence-electron chi connectivity index (χ4n) is 8.48. The van der Waals surface area contributed by atoms with Gasteiger partial charge in [0.25, 0.3) is 0 Å². The van der Waals surface area contributed by atoms with Gasteiger partial charge in [-0.3, -0.25) is 0 Å². The standard InChI is InChI=1S/C52H33NS/c1-2-12-34(13-3-1)36-24-26-39(27-25-36)53(40-28-29-45-43-18-7-6-16-41(43)42-17-8-9-19-44(42)48(45)33-40)49-31-30-47-46-20-10-11-21-50(46)54-52(47)51(49)38-23-22-35-14-4-5-15-37(35)32-38/h1-33H. The third-order valence-corrected chi connectivity index (χ3v) is 12.2. The van der Waals surface area contributed by atoms with Crippen LogP contribution in [-0.4, -0.2) is 0 Å². The van der Waals surface area contributed by atoms with Crippen LogP contribution in [0.2, 0.25) is 0 Å². The van der Waals surface area contributed by atoms with Crippen LogP contribution in [0.25, 0.3) is 85.5 Å². The predicted octanol–water partition coefficient (Wildman–Crippen LogP) is 15.5. The third kappa shape index (κ3) is 4.92. The summed E-state index contributed by atoms with van der Waals surface area (Å²) in [5.41, 5.74) is 8.26. The number of anilines is 3. The lowest BCUT2D eigenvalue weighted by Crippen LogP contribution is -2.11. The topological polar surface area (TPSA) is 3.24 Å². The Morgan fingerprint density at radius 2 is 0.852 bits per heavy atom. The molecule has 0 aliphatic carbocycles. The molecular weight excluding hydrogens is 671 g/mol. The van der Waals surface area contributed by atoms with Gasteiger partial charge in [0, 0.05) is 37.1 Å². The van der Waals surface area contributed by atoms with Gasteiger partial charge < -0.3 is 4.90 Å². The second-order valence-electron chi connectivity index (χ2n) is 14.1. The molecule has 0 aliphatic heterocycles. The molecule has 0 bridgehead atoms. The quantitative estimate of drug-likeness (QED) is 0.161. The van der Waals surface area contributed by atoms with Gasteiger partial charge in [-0.15, -0.1) is 11.3 Å². The Morgan fingerprint density at radius 1 is 0.315 bits per heavy atom. The molecule has 1 nitrogen and oxygen atoms in total. The summed E-state index contributed by atoms with van der Waals surface area (Å²) in [5, 5.41) is 12.7. The number of nitrogens with zero attached hydrogens (tertiary/aromatic N) is 1. The molecule has 2 heteroatoms. The SMILES string of the molecule is c1ccc(-c2ccc(N(c3ccc4c5ccccc5c5ccccc5c4c3)c3ccc4c(sc5ccccc54)c3-c3ccc4ccccc4c3)cc2)cc1. The smallest absolute Gasteiger partial charge is 0.0554 e. The number of hydrogen-bond acceptors (Lipinski definition) is 2. The number of benzene rings is 10. The molecule has 0 saturated carbocycles. The molecule has 1 heterocycles. The highest BCUT2D eigenvalue weighted by molar-refractivity contribution is 7.26. The zero-order valence-electron chi connectivity index (χ0n) is 29.4.